The zero-order valence-electron chi connectivity index (χ0n) is 15.3. The minimum atomic E-state index is -4.47. The Morgan fingerprint density at radius 2 is 1.85 bits per heavy atom. The van der Waals surface area contributed by atoms with Crippen LogP contribution in [-0.4, -0.2) is 13.0 Å². The molecule has 0 saturated heterocycles. The molecule has 0 fully saturated rings. The second kappa shape index (κ2) is 7.62. The second-order valence-corrected chi connectivity index (χ2v) is 6.80. The van der Waals surface area contributed by atoms with Crippen molar-refractivity contribution in [1.29, 1.82) is 0 Å². The van der Waals surface area contributed by atoms with Gasteiger partial charge in [-0.3, -0.25) is 4.79 Å². The number of anilines is 1. The summed E-state index contributed by atoms with van der Waals surface area (Å²) in [6.45, 7) is 1.97. The van der Waals surface area contributed by atoms with Gasteiger partial charge in [0.2, 0.25) is 5.91 Å². The minimum absolute atomic E-state index is 0.151. The van der Waals surface area contributed by atoms with Gasteiger partial charge in [0.25, 0.3) is 0 Å². The Morgan fingerprint density at radius 3 is 2.44 bits per heavy atom. The molecule has 6 heteroatoms. The molecule has 1 amide bonds. The molecule has 1 aliphatic heterocycles. The van der Waals surface area contributed by atoms with Crippen LogP contribution >= 0.6 is 0 Å². The molecule has 2 aromatic rings. The molecule has 2 atom stereocenters. The van der Waals surface area contributed by atoms with Crippen LogP contribution in [0.2, 0.25) is 0 Å². The summed E-state index contributed by atoms with van der Waals surface area (Å²) < 4.78 is 45.8. The maximum Gasteiger partial charge on any atom is 0.416 e. The summed E-state index contributed by atoms with van der Waals surface area (Å²) in [4.78, 5) is 12.8. The van der Waals surface area contributed by atoms with Gasteiger partial charge in [0.05, 0.1) is 12.7 Å². The van der Waals surface area contributed by atoms with Crippen molar-refractivity contribution in [3.63, 3.8) is 0 Å². The Morgan fingerprint density at radius 1 is 1.15 bits per heavy atom. The largest absolute Gasteiger partial charge is 0.497 e. The summed E-state index contributed by atoms with van der Waals surface area (Å²) in [6.07, 6.45) is -2.93. The predicted molar refractivity (Wildman–Crippen MR) is 97.9 cm³/mol. The molecule has 27 heavy (non-hydrogen) atoms. The fourth-order valence-electron chi connectivity index (χ4n) is 3.80. The number of carbonyl (C=O) groups excluding carboxylic acids is 1. The van der Waals surface area contributed by atoms with Gasteiger partial charge in [0, 0.05) is 11.6 Å². The Kier molecular flexibility index (Phi) is 5.44. The van der Waals surface area contributed by atoms with Gasteiger partial charge in [-0.05, 0) is 54.2 Å². The number of rotatable bonds is 4. The Balaban J connectivity index is 2.10. The van der Waals surface area contributed by atoms with E-state index >= 15 is 0 Å². The topological polar surface area (TPSA) is 38.3 Å². The van der Waals surface area contributed by atoms with Crippen molar-refractivity contribution in [3.05, 3.63) is 59.2 Å². The minimum Gasteiger partial charge on any atom is -0.497 e. The summed E-state index contributed by atoms with van der Waals surface area (Å²) in [5.41, 5.74) is 0.565. The first-order valence-corrected chi connectivity index (χ1v) is 8.99. The van der Waals surface area contributed by atoms with Crippen LogP contribution in [0.3, 0.4) is 0 Å². The average Bonchev–Trinajstić information content (AvgIpc) is 2.78. The maximum absolute atomic E-state index is 13.5. The third-order valence-corrected chi connectivity index (χ3v) is 5.13. The molecule has 0 bridgehead atoms. The number of alkyl halides is 3. The van der Waals surface area contributed by atoms with E-state index in [4.69, 9.17) is 4.74 Å². The van der Waals surface area contributed by atoms with Crippen LogP contribution in [-0.2, 0) is 17.4 Å². The monoisotopic (exact) mass is 377 g/mol. The molecule has 3 rings (SSSR count). The summed E-state index contributed by atoms with van der Waals surface area (Å²) >= 11 is 0. The van der Waals surface area contributed by atoms with Gasteiger partial charge in [0.15, 0.2) is 0 Å². The summed E-state index contributed by atoms with van der Waals surface area (Å²) in [5.74, 6) is -0.284. The van der Waals surface area contributed by atoms with Crippen LogP contribution in [0.5, 0.6) is 5.75 Å². The van der Waals surface area contributed by atoms with Crippen LogP contribution in [0.25, 0.3) is 0 Å². The predicted octanol–water partition coefficient (Wildman–Crippen LogP) is 5.41. The van der Waals surface area contributed by atoms with E-state index in [0.29, 0.717) is 12.2 Å². The highest BCUT2D eigenvalue weighted by Gasteiger charge is 2.39. The quantitative estimate of drug-likeness (QED) is 0.774. The van der Waals surface area contributed by atoms with Crippen molar-refractivity contribution in [1.82, 2.24) is 0 Å². The van der Waals surface area contributed by atoms with E-state index in [1.54, 1.807) is 25.3 Å². The van der Waals surface area contributed by atoms with Crippen LogP contribution in [0, 0.1) is 5.92 Å². The Bertz CT molecular complexity index is 815. The molecule has 3 nitrogen and oxygen atoms in total. The lowest BCUT2D eigenvalue weighted by molar-refractivity contribution is -0.138. The number of hydrogen-bond acceptors (Lipinski definition) is 2. The smallest absolute Gasteiger partial charge is 0.416 e. The highest BCUT2D eigenvalue weighted by atomic mass is 19.4. The van der Waals surface area contributed by atoms with Gasteiger partial charge in [-0.2, -0.15) is 13.2 Å². The Labute approximate surface area is 156 Å². The molecule has 0 spiro atoms. The van der Waals surface area contributed by atoms with Gasteiger partial charge in [-0.15, -0.1) is 0 Å². The molecule has 0 radical (unpaired) electrons. The molecule has 1 N–H and O–H groups in total. The van der Waals surface area contributed by atoms with Crippen LogP contribution in [0.1, 0.15) is 42.4 Å². The first kappa shape index (κ1) is 19.3. The zero-order valence-corrected chi connectivity index (χ0v) is 15.3. The average molecular weight is 377 g/mol. The van der Waals surface area contributed by atoms with Gasteiger partial charge < -0.3 is 10.1 Å². The fourth-order valence-corrected chi connectivity index (χ4v) is 3.80. The van der Waals surface area contributed by atoms with Gasteiger partial charge in [0.1, 0.15) is 5.75 Å². The van der Waals surface area contributed by atoms with E-state index < -0.39 is 17.7 Å². The van der Waals surface area contributed by atoms with Crippen LogP contribution in [0.4, 0.5) is 18.9 Å². The zero-order chi connectivity index (χ0) is 19.6. The van der Waals surface area contributed by atoms with E-state index in [9.17, 15) is 18.0 Å². The molecular weight excluding hydrogens is 355 g/mol. The SMILES string of the molecule is CCC[C@@H]1C(=O)Nc2cccc(C(F)(F)F)c2C[C@@H]1c1ccc(OC)cc1. The highest BCUT2D eigenvalue weighted by molar-refractivity contribution is 5.95. The number of nitrogens with one attached hydrogen (secondary N) is 1. The summed E-state index contributed by atoms with van der Waals surface area (Å²) in [5, 5.41) is 2.73. The van der Waals surface area contributed by atoms with Crippen molar-refractivity contribution in [2.24, 2.45) is 5.92 Å². The van der Waals surface area contributed by atoms with Crippen molar-refractivity contribution in [2.75, 3.05) is 12.4 Å². The molecule has 144 valence electrons. The Hall–Kier alpha value is -2.50. The van der Waals surface area contributed by atoms with Crippen molar-refractivity contribution < 1.29 is 22.7 Å². The molecular formula is C21H22F3NO2. The van der Waals surface area contributed by atoms with Gasteiger partial charge in [-0.25, -0.2) is 0 Å². The van der Waals surface area contributed by atoms with E-state index in [-0.39, 0.29) is 29.5 Å². The number of amides is 1. The van der Waals surface area contributed by atoms with E-state index in [1.807, 2.05) is 19.1 Å². The number of fused-ring (bicyclic) bond motifs is 1. The van der Waals surface area contributed by atoms with Crippen LogP contribution < -0.4 is 10.1 Å². The molecule has 0 aliphatic carbocycles. The van der Waals surface area contributed by atoms with Gasteiger partial charge in [-0.1, -0.05) is 31.5 Å². The van der Waals surface area contributed by atoms with E-state index in [1.165, 1.54) is 6.07 Å². The third-order valence-electron chi connectivity index (χ3n) is 5.13. The first-order valence-electron chi connectivity index (χ1n) is 8.99. The fraction of sp³-hybridized carbons (Fsp3) is 0.381. The lowest BCUT2D eigenvalue weighted by Gasteiger charge is -2.24. The first-order chi connectivity index (χ1) is 12.8. The molecule has 0 aromatic heterocycles. The lowest BCUT2D eigenvalue weighted by Crippen LogP contribution is -2.26. The number of methoxy groups -OCH3 is 1. The number of hydrogen-bond donors (Lipinski definition) is 1. The number of ether oxygens (including phenoxy) is 1. The number of benzene rings is 2. The molecule has 1 aliphatic rings. The van der Waals surface area contributed by atoms with Crippen molar-refractivity contribution >= 4 is 11.6 Å². The van der Waals surface area contributed by atoms with E-state index in [2.05, 4.69) is 5.32 Å². The number of halogens is 3. The van der Waals surface area contributed by atoms with Crippen LogP contribution in [0.15, 0.2) is 42.5 Å². The van der Waals surface area contributed by atoms with Crippen molar-refractivity contribution in [2.45, 2.75) is 38.3 Å². The second-order valence-electron chi connectivity index (χ2n) is 6.80. The summed E-state index contributed by atoms with van der Waals surface area (Å²) in [6, 6.07) is 11.2. The molecule has 1 heterocycles. The van der Waals surface area contributed by atoms with Gasteiger partial charge >= 0.3 is 6.18 Å². The summed E-state index contributed by atoms with van der Waals surface area (Å²) in [7, 11) is 1.56. The highest BCUT2D eigenvalue weighted by Crippen LogP contribution is 2.43. The molecule has 0 unspecified atom stereocenters. The number of carbonyl (C=O) groups is 1. The molecule has 0 saturated carbocycles. The van der Waals surface area contributed by atoms with Crippen molar-refractivity contribution in [3.8, 4) is 5.75 Å². The normalized spacial score (nSPS) is 19.8. The lowest BCUT2D eigenvalue weighted by atomic mass is 9.79. The standard InChI is InChI=1S/C21H22F3NO2/c1-3-5-15-16(13-8-10-14(27-2)11-9-13)12-17-18(21(22,23)24)6-4-7-19(17)25-20(15)26/h4,6-11,15-16H,3,5,12H2,1-2H3,(H,25,26)/t15-,16+/m0/s1. The van der Waals surface area contributed by atoms with E-state index in [0.717, 1.165) is 18.1 Å². The third kappa shape index (κ3) is 3.94. The molecule has 2 aromatic carbocycles. The maximum atomic E-state index is 13.5.